The molecule has 0 spiro atoms. The van der Waals surface area contributed by atoms with Crippen LogP contribution >= 0.6 is 22.9 Å². The Bertz CT molecular complexity index is 618. The van der Waals surface area contributed by atoms with E-state index < -0.39 is 5.97 Å². The number of rotatable bonds is 3. The number of nitrogens with zero attached hydrogens (tertiary/aromatic N) is 2. The van der Waals surface area contributed by atoms with Crippen LogP contribution in [0.25, 0.3) is 0 Å². The highest BCUT2D eigenvalue weighted by Gasteiger charge is 2.20. The molecule has 4 nitrogen and oxygen atoms in total. The molecule has 0 fully saturated rings. The van der Waals surface area contributed by atoms with Gasteiger partial charge in [0.25, 0.3) is 0 Å². The second-order valence-corrected chi connectivity index (χ2v) is 4.95. The van der Waals surface area contributed by atoms with E-state index in [0.717, 1.165) is 11.3 Å². The third-order valence-electron chi connectivity index (χ3n) is 2.45. The third kappa shape index (κ3) is 2.69. The van der Waals surface area contributed by atoms with Crippen LogP contribution in [0.4, 0.5) is 15.2 Å². The SMILES string of the molecule is COC(=O)c1sc(N(C)c2ccccc2F)nc1Cl. The molecule has 0 bridgehead atoms. The van der Waals surface area contributed by atoms with Crippen molar-refractivity contribution in [1.82, 2.24) is 4.98 Å². The predicted molar refractivity (Wildman–Crippen MR) is 72.9 cm³/mol. The van der Waals surface area contributed by atoms with Crippen molar-refractivity contribution >= 4 is 39.7 Å². The number of ether oxygens (including phenoxy) is 1. The molecule has 7 heteroatoms. The lowest BCUT2D eigenvalue weighted by Crippen LogP contribution is -2.10. The summed E-state index contributed by atoms with van der Waals surface area (Å²) in [5.41, 5.74) is 0.351. The molecule has 2 aromatic rings. The van der Waals surface area contributed by atoms with Crippen LogP contribution in [0, 0.1) is 5.82 Å². The molecule has 0 unspecified atom stereocenters. The number of hydrogen-bond acceptors (Lipinski definition) is 5. The lowest BCUT2D eigenvalue weighted by Gasteiger charge is -2.16. The monoisotopic (exact) mass is 300 g/mol. The average molecular weight is 301 g/mol. The summed E-state index contributed by atoms with van der Waals surface area (Å²) in [6.07, 6.45) is 0. The van der Waals surface area contributed by atoms with E-state index in [1.807, 2.05) is 0 Å². The molecule has 0 saturated heterocycles. The van der Waals surface area contributed by atoms with E-state index in [9.17, 15) is 9.18 Å². The van der Waals surface area contributed by atoms with Crippen LogP contribution in [0.2, 0.25) is 5.15 Å². The number of methoxy groups -OCH3 is 1. The van der Waals surface area contributed by atoms with Crippen LogP contribution in [-0.2, 0) is 4.74 Å². The van der Waals surface area contributed by atoms with Crippen molar-refractivity contribution in [2.75, 3.05) is 19.1 Å². The van der Waals surface area contributed by atoms with Crippen LogP contribution in [0.3, 0.4) is 0 Å². The summed E-state index contributed by atoms with van der Waals surface area (Å²) in [5.74, 6) is -0.938. The van der Waals surface area contributed by atoms with E-state index in [2.05, 4.69) is 9.72 Å². The van der Waals surface area contributed by atoms with E-state index in [1.165, 1.54) is 18.1 Å². The van der Waals surface area contributed by atoms with E-state index in [4.69, 9.17) is 11.6 Å². The molecule has 2 rings (SSSR count). The van der Waals surface area contributed by atoms with Gasteiger partial charge in [0, 0.05) is 7.05 Å². The van der Waals surface area contributed by atoms with Gasteiger partial charge in [-0.05, 0) is 12.1 Å². The molecule has 1 aromatic carbocycles. The van der Waals surface area contributed by atoms with Crippen molar-refractivity contribution < 1.29 is 13.9 Å². The van der Waals surface area contributed by atoms with Crippen molar-refractivity contribution in [1.29, 1.82) is 0 Å². The predicted octanol–water partition coefficient (Wildman–Crippen LogP) is 3.49. The lowest BCUT2D eigenvalue weighted by molar-refractivity contribution is 0.0606. The lowest BCUT2D eigenvalue weighted by atomic mass is 10.3. The number of benzene rings is 1. The third-order valence-corrected chi connectivity index (χ3v) is 3.94. The molecule has 100 valence electrons. The zero-order valence-corrected chi connectivity index (χ0v) is 11.8. The first kappa shape index (κ1) is 13.8. The number of esters is 1. The van der Waals surface area contributed by atoms with E-state index in [1.54, 1.807) is 25.2 Å². The first-order valence-corrected chi connectivity index (χ1v) is 6.47. The molecule has 1 heterocycles. The molecule has 1 aromatic heterocycles. The van der Waals surface area contributed by atoms with Gasteiger partial charge in [0.15, 0.2) is 15.2 Å². The minimum atomic E-state index is -0.560. The Balaban J connectivity index is 2.38. The van der Waals surface area contributed by atoms with Gasteiger partial charge < -0.3 is 9.64 Å². The van der Waals surface area contributed by atoms with Crippen LogP contribution in [-0.4, -0.2) is 25.1 Å². The molecule has 0 radical (unpaired) electrons. The van der Waals surface area contributed by atoms with Crippen LogP contribution in [0.1, 0.15) is 9.67 Å². The minimum Gasteiger partial charge on any atom is -0.465 e. The summed E-state index contributed by atoms with van der Waals surface area (Å²) in [7, 11) is 2.91. The summed E-state index contributed by atoms with van der Waals surface area (Å²) in [4.78, 5) is 17.2. The van der Waals surface area contributed by atoms with Crippen molar-refractivity contribution in [3.8, 4) is 0 Å². The highest BCUT2D eigenvalue weighted by molar-refractivity contribution is 7.18. The van der Waals surface area contributed by atoms with Crippen molar-refractivity contribution in [3.63, 3.8) is 0 Å². The number of anilines is 2. The summed E-state index contributed by atoms with van der Waals surface area (Å²) in [6, 6.07) is 6.28. The topological polar surface area (TPSA) is 42.4 Å². The van der Waals surface area contributed by atoms with Crippen molar-refractivity contribution in [2.45, 2.75) is 0 Å². The van der Waals surface area contributed by atoms with Crippen molar-refractivity contribution in [3.05, 3.63) is 40.1 Å². The number of carbonyl (C=O) groups excluding carboxylic acids is 1. The Morgan fingerprint density at radius 1 is 1.47 bits per heavy atom. The van der Waals surface area contributed by atoms with E-state index in [0.29, 0.717) is 10.8 Å². The molecule has 19 heavy (non-hydrogen) atoms. The quantitative estimate of drug-likeness (QED) is 0.814. The average Bonchev–Trinajstić information content (AvgIpc) is 2.80. The smallest absolute Gasteiger partial charge is 0.351 e. The molecular weight excluding hydrogens is 291 g/mol. The minimum absolute atomic E-state index is 0.0510. The Labute approximate surface area is 118 Å². The first-order valence-electron chi connectivity index (χ1n) is 5.27. The van der Waals surface area contributed by atoms with Crippen LogP contribution in [0.15, 0.2) is 24.3 Å². The van der Waals surface area contributed by atoms with Gasteiger partial charge in [-0.1, -0.05) is 35.1 Å². The Morgan fingerprint density at radius 2 is 2.16 bits per heavy atom. The van der Waals surface area contributed by atoms with Gasteiger partial charge in [-0.25, -0.2) is 14.2 Å². The zero-order chi connectivity index (χ0) is 14.0. The van der Waals surface area contributed by atoms with Crippen molar-refractivity contribution in [2.24, 2.45) is 0 Å². The number of aromatic nitrogens is 1. The van der Waals surface area contributed by atoms with E-state index >= 15 is 0 Å². The second kappa shape index (κ2) is 5.54. The largest absolute Gasteiger partial charge is 0.465 e. The van der Waals surface area contributed by atoms with Gasteiger partial charge in [0.2, 0.25) is 0 Å². The Morgan fingerprint density at radius 3 is 2.79 bits per heavy atom. The van der Waals surface area contributed by atoms with E-state index in [-0.39, 0.29) is 15.8 Å². The molecule has 0 aliphatic carbocycles. The summed E-state index contributed by atoms with van der Waals surface area (Å²) in [6.45, 7) is 0. The maximum absolute atomic E-state index is 13.7. The number of para-hydroxylation sites is 1. The number of hydrogen-bond donors (Lipinski definition) is 0. The second-order valence-electron chi connectivity index (χ2n) is 3.62. The Kier molecular flexibility index (Phi) is 4.01. The number of halogens is 2. The Hall–Kier alpha value is -1.66. The van der Waals surface area contributed by atoms with Gasteiger partial charge in [0.1, 0.15) is 5.82 Å². The molecule has 0 aliphatic heterocycles. The molecular formula is C12H10ClFN2O2S. The number of carbonyl (C=O) groups is 1. The summed E-state index contributed by atoms with van der Waals surface area (Å²) < 4.78 is 18.3. The molecule has 0 aliphatic rings. The standard InChI is InChI=1S/C12H10ClFN2O2S/c1-16(8-6-4-3-5-7(8)14)12-15-10(13)9(19-12)11(17)18-2/h3-6H,1-2H3. The molecule has 0 amide bonds. The van der Waals surface area contributed by atoms with Gasteiger partial charge in [0.05, 0.1) is 12.8 Å². The maximum Gasteiger partial charge on any atom is 0.351 e. The number of thiazole rings is 1. The highest BCUT2D eigenvalue weighted by Crippen LogP contribution is 2.34. The maximum atomic E-state index is 13.7. The van der Waals surface area contributed by atoms with Crippen LogP contribution < -0.4 is 4.90 Å². The van der Waals surface area contributed by atoms with Gasteiger partial charge in [-0.3, -0.25) is 0 Å². The zero-order valence-electron chi connectivity index (χ0n) is 10.2. The van der Waals surface area contributed by atoms with Gasteiger partial charge >= 0.3 is 5.97 Å². The molecule has 0 saturated carbocycles. The molecule has 0 atom stereocenters. The normalized spacial score (nSPS) is 10.3. The molecule has 0 N–H and O–H groups in total. The first-order chi connectivity index (χ1) is 9.04. The highest BCUT2D eigenvalue weighted by atomic mass is 35.5. The van der Waals surface area contributed by atoms with Gasteiger partial charge in [-0.15, -0.1) is 0 Å². The van der Waals surface area contributed by atoms with Gasteiger partial charge in [-0.2, -0.15) is 0 Å². The fraction of sp³-hybridized carbons (Fsp3) is 0.167. The fourth-order valence-electron chi connectivity index (χ4n) is 1.48. The summed E-state index contributed by atoms with van der Waals surface area (Å²) >= 11 is 6.91. The summed E-state index contributed by atoms with van der Waals surface area (Å²) in [5, 5.41) is 0.463. The van der Waals surface area contributed by atoms with Crippen LogP contribution in [0.5, 0.6) is 0 Å². The fourth-order valence-corrected chi connectivity index (χ4v) is 2.65.